The van der Waals surface area contributed by atoms with Gasteiger partial charge in [-0.3, -0.25) is 4.79 Å². The van der Waals surface area contributed by atoms with Crippen LogP contribution in [0.25, 0.3) is 0 Å². The van der Waals surface area contributed by atoms with Crippen LogP contribution in [0.1, 0.15) is 86.3 Å². The number of hydrogen-bond donors (Lipinski definition) is 2. The summed E-state index contributed by atoms with van der Waals surface area (Å²) in [5.74, 6) is 1.95. The van der Waals surface area contributed by atoms with Gasteiger partial charge in [0.15, 0.2) is 0 Å². The molecule has 2 aromatic carbocycles. The Bertz CT molecular complexity index is 1380. The largest absolute Gasteiger partial charge is 0.465 e. The summed E-state index contributed by atoms with van der Waals surface area (Å²) in [7, 11) is 1.41. The smallest absolute Gasteiger partial charge is 0.341 e. The first kappa shape index (κ1) is 23.0. The molecule has 0 unspecified atom stereocenters. The highest BCUT2D eigenvalue weighted by Gasteiger charge is 2.53. The summed E-state index contributed by atoms with van der Waals surface area (Å²) in [5.41, 5.74) is 6.06. The highest BCUT2D eigenvalue weighted by molar-refractivity contribution is 7.17. The Kier molecular flexibility index (Phi) is 5.61. The monoisotopic (exact) mass is 512 g/mol. The van der Waals surface area contributed by atoms with E-state index in [0.717, 1.165) is 42.9 Å². The number of thiophene rings is 1. The lowest BCUT2D eigenvalue weighted by atomic mass is 9.68. The summed E-state index contributed by atoms with van der Waals surface area (Å²) in [6.45, 7) is 0. The fourth-order valence-corrected chi connectivity index (χ4v) is 9.04. The van der Waals surface area contributed by atoms with E-state index in [0.29, 0.717) is 39.9 Å². The van der Waals surface area contributed by atoms with Crippen molar-refractivity contribution in [3.8, 4) is 0 Å². The van der Waals surface area contributed by atoms with E-state index in [9.17, 15) is 9.59 Å². The molecule has 2 fully saturated rings. The van der Waals surface area contributed by atoms with Gasteiger partial charge in [0.25, 0.3) is 5.91 Å². The maximum Gasteiger partial charge on any atom is 0.341 e. The third-order valence-corrected chi connectivity index (χ3v) is 10.5. The van der Waals surface area contributed by atoms with Crippen molar-refractivity contribution in [3.05, 3.63) is 81.2 Å². The Hall–Kier alpha value is -3.12. The molecule has 1 aliphatic heterocycles. The second kappa shape index (κ2) is 9.02. The minimum atomic E-state index is -0.360. The number of nitrogens with one attached hydrogen (secondary N) is 2. The Balaban J connectivity index is 1.22. The highest BCUT2D eigenvalue weighted by atomic mass is 32.1. The van der Waals surface area contributed by atoms with Crippen molar-refractivity contribution in [2.75, 3.05) is 17.7 Å². The van der Waals surface area contributed by atoms with Crippen molar-refractivity contribution < 1.29 is 14.3 Å². The predicted octanol–water partition coefficient (Wildman–Crippen LogP) is 6.96. The van der Waals surface area contributed by atoms with E-state index in [-0.39, 0.29) is 11.9 Å². The number of esters is 1. The quantitative estimate of drug-likeness (QED) is 0.371. The molecule has 1 aromatic heterocycles. The first-order valence-electron chi connectivity index (χ1n) is 13.6. The van der Waals surface area contributed by atoms with Crippen LogP contribution in [0, 0.1) is 17.8 Å². The summed E-state index contributed by atoms with van der Waals surface area (Å²) < 4.78 is 5.09. The number of carbonyl (C=O) groups is 2. The fourth-order valence-electron chi connectivity index (χ4n) is 7.76. The van der Waals surface area contributed by atoms with Gasteiger partial charge in [-0.15, -0.1) is 11.3 Å². The Morgan fingerprint density at radius 3 is 2.68 bits per heavy atom. The zero-order valence-corrected chi connectivity index (χ0v) is 21.9. The lowest BCUT2D eigenvalue weighted by Crippen LogP contribution is -2.35. The normalized spacial score (nSPS) is 27.0. The molecule has 5 atom stereocenters. The van der Waals surface area contributed by atoms with Gasteiger partial charge in [-0.2, -0.15) is 0 Å². The van der Waals surface area contributed by atoms with Crippen LogP contribution < -0.4 is 10.6 Å². The van der Waals surface area contributed by atoms with Crippen molar-refractivity contribution in [1.29, 1.82) is 0 Å². The number of hydrogen-bond acceptors (Lipinski definition) is 5. The minimum absolute atomic E-state index is 0.156. The Morgan fingerprint density at radius 2 is 1.84 bits per heavy atom. The average Bonchev–Trinajstić information content (AvgIpc) is 3.66. The summed E-state index contributed by atoms with van der Waals surface area (Å²) >= 11 is 1.54. The molecule has 6 heteroatoms. The van der Waals surface area contributed by atoms with E-state index in [4.69, 9.17) is 4.74 Å². The topological polar surface area (TPSA) is 67.4 Å². The van der Waals surface area contributed by atoms with Gasteiger partial charge in [0.2, 0.25) is 0 Å². The maximum atomic E-state index is 13.5. The zero-order valence-electron chi connectivity index (χ0n) is 21.1. The number of ether oxygens (including phenoxy) is 1. The zero-order chi connectivity index (χ0) is 25.1. The molecule has 2 N–H and O–H groups in total. The molecule has 190 valence electrons. The molecule has 0 saturated heterocycles. The van der Waals surface area contributed by atoms with Crippen LogP contribution in [-0.2, 0) is 17.6 Å². The maximum absolute atomic E-state index is 13.5. The second-order valence-corrected chi connectivity index (χ2v) is 12.2. The fraction of sp³-hybridized carbons (Fsp3) is 0.419. The molecular weight excluding hydrogens is 480 g/mol. The number of fused-ring (bicyclic) bond motifs is 8. The van der Waals surface area contributed by atoms with Gasteiger partial charge in [0, 0.05) is 16.1 Å². The molecule has 3 aromatic rings. The van der Waals surface area contributed by atoms with Crippen LogP contribution >= 0.6 is 11.3 Å². The molecule has 0 spiro atoms. The van der Waals surface area contributed by atoms with Crippen molar-refractivity contribution in [2.24, 2.45) is 17.8 Å². The molecule has 0 radical (unpaired) electrons. The molecule has 3 aliphatic carbocycles. The summed E-state index contributed by atoms with van der Waals surface area (Å²) in [5, 5.41) is 7.58. The van der Waals surface area contributed by atoms with Gasteiger partial charge in [-0.05, 0) is 104 Å². The van der Waals surface area contributed by atoms with E-state index in [1.165, 1.54) is 53.7 Å². The number of anilines is 2. The third-order valence-electron chi connectivity index (χ3n) is 9.30. The molecular formula is C31H32N2O3S. The first-order valence-corrected chi connectivity index (χ1v) is 14.4. The minimum Gasteiger partial charge on any atom is -0.465 e. The SMILES string of the molecule is COC(=O)c1c(NC(=O)c2ccc3c(c2)[C@@H]2[C@H]4CC[C@@H](C4)[C@@H]2[C@H](c2ccccc2)N3)sc2c1CCCC2. The van der Waals surface area contributed by atoms with Gasteiger partial charge < -0.3 is 15.4 Å². The predicted molar refractivity (Wildman–Crippen MR) is 147 cm³/mol. The van der Waals surface area contributed by atoms with Crippen LogP contribution in [0.2, 0.25) is 0 Å². The van der Waals surface area contributed by atoms with E-state index in [2.05, 4.69) is 53.1 Å². The van der Waals surface area contributed by atoms with Crippen molar-refractivity contribution in [3.63, 3.8) is 0 Å². The van der Waals surface area contributed by atoms with E-state index >= 15 is 0 Å². The lowest BCUT2D eigenvalue weighted by molar-refractivity contribution is 0.0601. The molecule has 37 heavy (non-hydrogen) atoms. The van der Waals surface area contributed by atoms with Crippen LogP contribution in [0.3, 0.4) is 0 Å². The number of benzene rings is 2. The molecule has 2 saturated carbocycles. The van der Waals surface area contributed by atoms with Gasteiger partial charge in [-0.1, -0.05) is 30.3 Å². The molecule has 1 amide bonds. The number of amides is 1. The van der Waals surface area contributed by atoms with Gasteiger partial charge in [-0.25, -0.2) is 4.79 Å². The van der Waals surface area contributed by atoms with E-state index in [1.54, 1.807) is 0 Å². The average molecular weight is 513 g/mol. The summed E-state index contributed by atoms with van der Waals surface area (Å²) in [4.78, 5) is 27.4. The third kappa shape index (κ3) is 3.71. The number of aryl methyl sites for hydroxylation is 1. The van der Waals surface area contributed by atoms with Gasteiger partial charge >= 0.3 is 5.97 Å². The van der Waals surface area contributed by atoms with Gasteiger partial charge in [0.1, 0.15) is 5.00 Å². The molecule has 4 aliphatic rings. The van der Waals surface area contributed by atoms with Crippen molar-refractivity contribution >= 4 is 33.9 Å². The van der Waals surface area contributed by atoms with Crippen molar-refractivity contribution in [2.45, 2.75) is 56.9 Å². The lowest BCUT2D eigenvalue weighted by Gasteiger charge is -2.43. The molecule has 2 heterocycles. The summed E-state index contributed by atoms with van der Waals surface area (Å²) in [6, 6.07) is 17.3. The molecule has 5 nitrogen and oxygen atoms in total. The molecule has 2 bridgehead atoms. The van der Waals surface area contributed by atoms with Crippen LogP contribution in [0.15, 0.2) is 48.5 Å². The van der Waals surface area contributed by atoms with E-state index in [1.807, 2.05) is 6.07 Å². The van der Waals surface area contributed by atoms with Crippen molar-refractivity contribution in [1.82, 2.24) is 0 Å². The van der Waals surface area contributed by atoms with Crippen LogP contribution in [0.4, 0.5) is 10.7 Å². The van der Waals surface area contributed by atoms with Gasteiger partial charge in [0.05, 0.1) is 18.7 Å². The van der Waals surface area contributed by atoms with Crippen LogP contribution in [-0.4, -0.2) is 19.0 Å². The summed E-state index contributed by atoms with van der Waals surface area (Å²) in [6.07, 6.45) is 7.89. The van der Waals surface area contributed by atoms with E-state index < -0.39 is 0 Å². The first-order chi connectivity index (χ1) is 18.1. The number of methoxy groups -OCH3 is 1. The number of carbonyl (C=O) groups excluding carboxylic acids is 2. The second-order valence-electron chi connectivity index (χ2n) is 11.1. The Morgan fingerprint density at radius 1 is 1.03 bits per heavy atom. The number of rotatable bonds is 4. The highest BCUT2D eigenvalue weighted by Crippen LogP contribution is 2.63. The molecule has 7 rings (SSSR count). The Labute approximate surface area is 221 Å². The van der Waals surface area contributed by atoms with Crippen LogP contribution in [0.5, 0.6) is 0 Å². The standard InChI is InChI=1S/C31H32N2O3S/c1-36-31(35)27-21-9-5-6-10-24(21)37-30(27)33-29(34)20-13-14-23-22(16-20)25-18-11-12-19(15-18)26(25)28(32-23)17-7-3-2-4-8-17/h2-4,7-8,13-14,16,18-19,25-26,28,32H,5-6,9-12,15H2,1H3,(H,33,34)/t18-,19-,25-,26-,28-/m0/s1.